The van der Waals surface area contributed by atoms with Crippen LogP contribution in [0.25, 0.3) is 0 Å². The number of alkyl halides is 3. The van der Waals surface area contributed by atoms with Gasteiger partial charge in [-0.1, -0.05) is 13.3 Å². The number of halogens is 3. The molecule has 102 valence electrons. The minimum Gasteiger partial charge on any atom is -0.481 e. The number of carboxylic acid groups (broad SMARTS) is 1. The van der Waals surface area contributed by atoms with Crippen LogP contribution in [-0.2, 0) is 11.0 Å². The lowest BCUT2D eigenvalue weighted by Gasteiger charge is -2.10. The number of anilines is 1. The van der Waals surface area contributed by atoms with Gasteiger partial charge in [0.1, 0.15) is 0 Å². The summed E-state index contributed by atoms with van der Waals surface area (Å²) in [5.41, 5.74) is 0. The Labute approximate surface area is 105 Å². The lowest BCUT2D eigenvalue weighted by molar-refractivity contribution is -0.144. The lowest BCUT2D eigenvalue weighted by Crippen LogP contribution is -2.22. The fraction of sp³-hybridized carbons (Fsp3) is 0.667. The molecule has 18 heavy (non-hydrogen) atoms. The van der Waals surface area contributed by atoms with Crippen LogP contribution < -0.4 is 5.32 Å². The quantitative estimate of drug-likeness (QED) is 0.838. The van der Waals surface area contributed by atoms with Gasteiger partial charge in [0.2, 0.25) is 11.0 Å². The number of hydrogen-bond donors (Lipinski definition) is 2. The molecule has 9 heteroatoms. The Balaban J connectivity index is 2.57. The number of nitrogens with zero attached hydrogens (tertiary/aromatic N) is 2. The van der Waals surface area contributed by atoms with E-state index in [9.17, 15) is 18.0 Å². The molecule has 1 aromatic rings. The first-order valence-electron chi connectivity index (χ1n) is 5.22. The van der Waals surface area contributed by atoms with Gasteiger partial charge in [-0.15, -0.1) is 0 Å². The largest absolute Gasteiger partial charge is 0.481 e. The van der Waals surface area contributed by atoms with Crippen molar-refractivity contribution in [3.05, 3.63) is 5.82 Å². The third-order valence-corrected chi connectivity index (χ3v) is 2.84. The molecule has 0 amide bonds. The van der Waals surface area contributed by atoms with Gasteiger partial charge in [-0.2, -0.15) is 22.5 Å². The summed E-state index contributed by atoms with van der Waals surface area (Å²) >= 11 is 0.563. The molecular formula is C9H12F3N3O2S. The number of aliphatic carboxylic acids is 1. The molecule has 5 nitrogen and oxygen atoms in total. The van der Waals surface area contributed by atoms with Crippen molar-refractivity contribution >= 4 is 22.6 Å². The van der Waals surface area contributed by atoms with Gasteiger partial charge in [0.25, 0.3) is 0 Å². The third-order valence-electron chi connectivity index (χ3n) is 2.17. The zero-order valence-electron chi connectivity index (χ0n) is 9.49. The van der Waals surface area contributed by atoms with Crippen molar-refractivity contribution in [1.29, 1.82) is 0 Å². The Morgan fingerprint density at radius 3 is 2.67 bits per heavy atom. The average Bonchev–Trinajstić information content (AvgIpc) is 2.71. The van der Waals surface area contributed by atoms with Gasteiger partial charge in [0.15, 0.2) is 0 Å². The molecule has 1 unspecified atom stereocenters. The van der Waals surface area contributed by atoms with E-state index in [4.69, 9.17) is 5.11 Å². The Morgan fingerprint density at radius 2 is 2.22 bits per heavy atom. The fourth-order valence-corrected chi connectivity index (χ4v) is 1.87. The molecule has 0 aliphatic carbocycles. The highest BCUT2D eigenvalue weighted by molar-refractivity contribution is 7.09. The topological polar surface area (TPSA) is 75.1 Å². The van der Waals surface area contributed by atoms with E-state index in [0.29, 0.717) is 24.4 Å². The average molecular weight is 283 g/mol. The number of rotatable bonds is 6. The van der Waals surface area contributed by atoms with Crippen LogP contribution in [0.5, 0.6) is 0 Å². The molecule has 0 bridgehead atoms. The third kappa shape index (κ3) is 4.13. The van der Waals surface area contributed by atoms with E-state index < -0.39 is 23.9 Å². The summed E-state index contributed by atoms with van der Waals surface area (Å²) in [6.07, 6.45) is -3.44. The Hall–Kier alpha value is -1.38. The van der Waals surface area contributed by atoms with Crippen molar-refractivity contribution < 1.29 is 23.1 Å². The maximum atomic E-state index is 12.2. The molecule has 0 spiro atoms. The minimum absolute atomic E-state index is 0.0234. The summed E-state index contributed by atoms with van der Waals surface area (Å²) in [5.74, 6) is -2.84. The summed E-state index contributed by atoms with van der Waals surface area (Å²) in [7, 11) is 0. The van der Waals surface area contributed by atoms with Crippen LogP contribution in [0.1, 0.15) is 25.6 Å². The first kappa shape index (κ1) is 14.7. The number of nitrogens with one attached hydrogen (secondary N) is 1. The van der Waals surface area contributed by atoms with E-state index in [1.165, 1.54) is 0 Å². The standard InChI is InChI=1S/C9H12F3N3O2S/c1-2-3-5(6(16)17)4-13-8-14-7(15-18-8)9(10,11)12/h5H,2-4H2,1H3,(H,16,17)(H,13,14,15). The van der Waals surface area contributed by atoms with E-state index in [2.05, 4.69) is 14.7 Å². The molecule has 0 saturated heterocycles. The Kier molecular flexibility index (Phi) is 4.88. The van der Waals surface area contributed by atoms with Gasteiger partial charge in [-0.3, -0.25) is 4.79 Å². The second-order valence-corrected chi connectivity index (χ2v) is 4.38. The number of carboxylic acids is 1. The summed E-state index contributed by atoms with van der Waals surface area (Å²) in [6.45, 7) is 1.87. The van der Waals surface area contributed by atoms with Crippen molar-refractivity contribution in [2.75, 3.05) is 11.9 Å². The molecule has 2 N–H and O–H groups in total. The molecule has 1 aromatic heterocycles. The molecule has 0 fully saturated rings. The molecule has 1 heterocycles. The number of carbonyl (C=O) groups is 1. The van der Waals surface area contributed by atoms with Crippen LogP contribution in [0.2, 0.25) is 0 Å². The SMILES string of the molecule is CCCC(CNc1nc(C(F)(F)F)ns1)C(=O)O. The molecule has 0 aliphatic rings. The smallest absolute Gasteiger partial charge is 0.452 e. The van der Waals surface area contributed by atoms with Crippen molar-refractivity contribution in [2.24, 2.45) is 5.92 Å². The fourth-order valence-electron chi connectivity index (χ4n) is 1.28. The zero-order valence-corrected chi connectivity index (χ0v) is 10.3. The van der Waals surface area contributed by atoms with Gasteiger partial charge in [0.05, 0.1) is 5.92 Å². The van der Waals surface area contributed by atoms with Crippen LogP contribution in [0.4, 0.5) is 18.3 Å². The summed E-state index contributed by atoms with van der Waals surface area (Å²) in [6, 6.07) is 0. The van der Waals surface area contributed by atoms with Crippen LogP contribution in [-0.4, -0.2) is 27.0 Å². The van der Waals surface area contributed by atoms with Gasteiger partial charge >= 0.3 is 12.1 Å². The molecular weight excluding hydrogens is 271 g/mol. The molecule has 0 aromatic carbocycles. The molecule has 1 atom stereocenters. The highest BCUT2D eigenvalue weighted by Gasteiger charge is 2.36. The second kappa shape index (κ2) is 5.98. The summed E-state index contributed by atoms with van der Waals surface area (Å²) in [5, 5.41) is 11.4. The van der Waals surface area contributed by atoms with Gasteiger partial charge in [-0.25, -0.2) is 0 Å². The highest BCUT2D eigenvalue weighted by Crippen LogP contribution is 2.29. The predicted molar refractivity (Wildman–Crippen MR) is 59.4 cm³/mol. The Bertz CT molecular complexity index is 408. The predicted octanol–water partition coefficient (Wildman–Crippen LogP) is 2.47. The summed E-state index contributed by atoms with van der Waals surface area (Å²) < 4.78 is 39.8. The zero-order chi connectivity index (χ0) is 13.8. The maximum Gasteiger partial charge on any atom is 0.452 e. The molecule has 0 saturated carbocycles. The van der Waals surface area contributed by atoms with Crippen LogP contribution in [0.15, 0.2) is 0 Å². The van der Waals surface area contributed by atoms with Crippen LogP contribution in [0.3, 0.4) is 0 Å². The van der Waals surface area contributed by atoms with Crippen LogP contribution in [0, 0.1) is 5.92 Å². The lowest BCUT2D eigenvalue weighted by atomic mass is 10.0. The van der Waals surface area contributed by atoms with Gasteiger partial charge in [0, 0.05) is 18.1 Å². The molecule has 0 aliphatic heterocycles. The van der Waals surface area contributed by atoms with Gasteiger partial charge in [-0.05, 0) is 6.42 Å². The summed E-state index contributed by atoms with van der Waals surface area (Å²) in [4.78, 5) is 14.1. The van der Waals surface area contributed by atoms with E-state index in [-0.39, 0.29) is 11.7 Å². The maximum absolute atomic E-state index is 12.2. The van der Waals surface area contributed by atoms with Crippen molar-refractivity contribution in [3.8, 4) is 0 Å². The van der Waals surface area contributed by atoms with E-state index in [1.54, 1.807) is 0 Å². The molecule has 0 radical (unpaired) electrons. The van der Waals surface area contributed by atoms with Crippen molar-refractivity contribution in [1.82, 2.24) is 9.36 Å². The van der Waals surface area contributed by atoms with E-state index >= 15 is 0 Å². The first-order valence-corrected chi connectivity index (χ1v) is 5.99. The first-order chi connectivity index (χ1) is 8.34. The monoisotopic (exact) mass is 283 g/mol. The van der Waals surface area contributed by atoms with E-state index in [1.807, 2.05) is 6.92 Å². The normalized spacial score (nSPS) is 13.3. The van der Waals surface area contributed by atoms with E-state index in [0.717, 1.165) is 0 Å². The van der Waals surface area contributed by atoms with Crippen molar-refractivity contribution in [2.45, 2.75) is 25.9 Å². The Morgan fingerprint density at radius 1 is 1.56 bits per heavy atom. The van der Waals surface area contributed by atoms with Crippen molar-refractivity contribution in [3.63, 3.8) is 0 Å². The molecule has 1 rings (SSSR count). The van der Waals surface area contributed by atoms with Crippen LogP contribution >= 0.6 is 11.5 Å². The number of aromatic nitrogens is 2. The number of hydrogen-bond acceptors (Lipinski definition) is 5. The van der Waals surface area contributed by atoms with Gasteiger partial charge < -0.3 is 10.4 Å². The minimum atomic E-state index is -4.58. The highest BCUT2D eigenvalue weighted by atomic mass is 32.1. The second-order valence-electron chi connectivity index (χ2n) is 3.63.